The molecular formula is C14H14ClFN4O. The molecule has 110 valence electrons. The van der Waals surface area contributed by atoms with Gasteiger partial charge < -0.3 is 10.6 Å². The lowest BCUT2D eigenvalue weighted by molar-refractivity contribution is 0.102. The summed E-state index contributed by atoms with van der Waals surface area (Å²) in [6.45, 7) is 2.81. The number of anilines is 2. The molecule has 1 aromatic heterocycles. The highest BCUT2D eigenvalue weighted by molar-refractivity contribution is 6.33. The SMILES string of the molecule is CCCNc1cnc(C(=O)Nc2cc(F)ccc2Cl)cn1. The van der Waals surface area contributed by atoms with E-state index < -0.39 is 11.7 Å². The van der Waals surface area contributed by atoms with Gasteiger partial charge in [0, 0.05) is 6.54 Å². The van der Waals surface area contributed by atoms with Gasteiger partial charge in [0.2, 0.25) is 0 Å². The van der Waals surface area contributed by atoms with Gasteiger partial charge >= 0.3 is 0 Å². The molecule has 7 heteroatoms. The highest BCUT2D eigenvalue weighted by Gasteiger charge is 2.11. The van der Waals surface area contributed by atoms with Crippen LogP contribution in [-0.4, -0.2) is 22.4 Å². The Kier molecular flexibility index (Phi) is 5.05. The molecule has 0 saturated heterocycles. The molecule has 0 aliphatic carbocycles. The fourth-order valence-electron chi connectivity index (χ4n) is 1.57. The number of benzene rings is 1. The Hall–Kier alpha value is -2.21. The van der Waals surface area contributed by atoms with Gasteiger partial charge in [0.1, 0.15) is 17.3 Å². The highest BCUT2D eigenvalue weighted by Crippen LogP contribution is 2.22. The van der Waals surface area contributed by atoms with Crippen LogP contribution < -0.4 is 10.6 Å². The average Bonchev–Trinajstić information content (AvgIpc) is 2.49. The second-order valence-electron chi connectivity index (χ2n) is 4.29. The quantitative estimate of drug-likeness (QED) is 0.889. The van der Waals surface area contributed by atoms with E-state index in [1.807, 2.05) is 6.92 Å². The van der Waals surface area contributed by atoms with E-state index in [1.165, 1.54) is 24.5 Å². The third kappa shape index (κ3) is 4.13. The van der Waals surface area contributed by atoms with E-state index in [9.17, 15) is 9.18 Å². The van der Waals surface area contributed by atoms with Gasteiger partial charge in [-0.25, -0.2) is 14.4 Å². The molecule has 2 aromatic rings. The Morgan fingerprint density at radius 2 is 2.14 bits per heavy atom. The summed E-state index contributed by atoms with van der Waals surface area (Å²) < 4.78 is 13.1. The van der Waals surface area contributed by atoms with Gasteiger partial charge in [-0.15, -0.1) is 0 Å². The summed E-state index contributed by atoms with van der Waals surface area (Å²) in [5.74, 6) is -0.394. The molecule has 0 bridgehead atoms. The lowest BCUT2D eigenvalue weighted by Gasteiger charge is -2.07. The lowest BCUT2D eigenvalue weighted by Crippen LogP contribution is -2.15. The summed E-state index contributed by atoms with van der Waals surface area (Å²) >= 11 is 5.88. The van der Waals surface area contributed by atoms with Crippen LogP contribution >= 0.6 is 11.6 Å². The zero-order valence-corrected chi connectivity index (χ0v) is 12.1. The van der Waals surface area contributed by atoms with E-state index in [-0.39, 0.29) is 16.4 Å². The Balaban J connectivity index is 2.07. The van der Waals surface area contributed by atoms with Crippen molar-refractivity contribution >= 4 is 29.0 Å². The number of hydrogen-bond acceptors (Lipinski definition) is 4. The Morgan fingerprint density at radius 3 is 2.81 bits per heavy atom. The largest absolute Gasteiger partial charge is 0.369 e. The molecule has 0 spiro atoms. The van der Waals surface area contributed by atoms with Crippen molar-refractivity contribution in [2.75, 3.05) is 17.2 Å². The Morgan fingerprint density at radius 1 is 1.33 bits per heavy atom. The molecule has 1 heterocycles. The molecule has 21 heavy (non-hydrogen) atoms. The van der Waals surface area contributed by atoms with Gasteiger partial charge in [-0.3, -0.25) is 4.79 Å². The van der Waals surface area contributed by atoms with Crippen molar-refractivity contribution in [3.05, 3.63) is 47.1 Å². The fraction of sp³-hybridized carbons (Fsp3) is 0.214. The van der Waals surface area contributed by atoms with Crippen LogP contribution in [0.2, 0.25) is 5.02 Å². The van der Waals surface area contributed by atoms with Gasteiger partial charge in [-0.2, -0.15) is 0 Å². The summed E-state index contributed by atoms with van der Waals surface area (Å²) in [6.07, 6.45) is 3.78. The van der Waals surface area contributed by atoms with Crippen molar-refractivity contribution in [2.24, 2.45) is 0 Å². The molecule has 0 aliphatic rings. The first-order valence-corrected chi connectivity index (χ1v) is 6.80. The average molecular weight is 309 g/mol. The minimum atomic E-state index is -0.503. The summed E-state index contributed by atoms with van der Waals surface area (Å²) in [5.41, 5.74) is 0.314. The minimum absolute atomic E-state index is 0.123. The minimum Gasteiger partial charge on any atom is -0.369 e. The molecule has 5 nitrogen and oxygen atoms in total. The van der Waals surface area contributed by atoms with Gasteiger partial charge in [0.05, 0.1) is 23.1 Å². The fourth-order valence-corrected chi connectivity index (χ4v) is 1.73. The Bertz CT molecular complexity index is 633. The molecule has 0 atom stereocenters. The number of rotatable bonds is 5. The number of carbonyl (C=O) groups is 1. The van der Waals surface area contributed by atoms with Crippen molar-refractivity contribution in [3.63, 3.8) is 0 Å². The number of halogens is 2. The number of aromatic nitrogens is 2. The van der Waals surface area contributed by atoms with Crippen molar-refractivity contribution in [1.29, 1.82) is 0 Å². The molecule has 0 fully saturated rings. The number of amides is 1. The zero-order chi connectivity index (χ0) is 15.2. The Labute approximate surface area is 126 Å². The van der Waals surface area contributed by atoms with E-state index in [2.05, 4.69) is 20.6 Å². The molecular weight excluding hydrogens is 295 g/mol. The van der Waals surface area contributed by atoms with Crippen molar-refractivity contribution in [1.82, 2.24) is 9.97 Å². The van der Waals surface area contributed by atoms with E-state index in [4.69, 9.17) is 11.6 Å². The summed E-state index contributed by atoms with van der Waals surface area (Å²) in [7, 11) is 0. The smallest absolute Gasteiger partial charge is 0.275 e. The third-order valence-electron chi connectivity index (χ3n) is 2.62. The number of nitrogens with one attached hydrogen (secondary N) is 2. The van der Waals surface area contributed by atoms with Crippen LogP contribution in [0.1, 0.15) is 23.8 Å². The standard InChI is InChI=1S/C14H14ClFN4O/c1-2-5-17-13-8-18-12(7-19-13)14(21)20-11-6-9(16)3-4-10(11)15/h3-4,6-8H,2,5H2,1H3,(H,17,19)(H,20,21). The molecule has 1 amide bonds. The van der Waals surface area contributed by atoms with Crippen molar-refractivity contribution in [2.45, 2.75) is 13.3 Å². The normalized spacial score (nSPS) is 10.2. The first-order chi connectivity index (χ1) is 10.1. The van der Waals surface area contributed by atoms with Crippen LogP contribution in [-0.2, 0) is 0 Å². The topological polar surface area (TPSA) is 66.9 Å². The van der Waals surface area contributed by atoms with Crippen LogP contribution in [0.4, 0.5) is 15.9 Å². The number of nitrogens with zero attached hydrogens (tertiary/aromatic N) is 2. The lowest BCUT2D eigenvalue weighted by atomic mass is 10.3. The maximum atomic E-state index is 13.1. The third-order valence-corrected chi connectivity index (χ3v) is 2.95. The zero-order valence-electron chi connectivity index (χ0n) is 11.4. The molecule has 0 saturated carbocycles. The van der Waals surface area contributed by atoms with Crippen LogP contribution in [0, 0.1) is 5.82 Å². The maximum absolute atomic E-state index is 13.1. The van der Waals surface area contributed by atoms with E-state index in [0.717, 1.165) is 19.0 Å². The summed E-state index contributed by atoms with van der Waals surface area (Å²) in [6, 6.07) is 3.73. The second-order valence-corrected chi connectivity index (χ2v) is 4.70. The van der Waals surface area contributed by atoms with Gasteiger partial charge in [-0.05, 0) is 24.6 Å². The van der Waals surface area contributed by atoms with Crippen LogP contribution in [0.5, 0.6) is 0 Å². The maximum Gasteiger partial charge on any atom is 0.275 e. The van der Waals surface area contributed by atoms with Crippen LogP contribution in [0.25, 0.3) is 0 Å². The number of carbonyl (C=O) groups excluding carboxylic acids is 1. The summed E-state index contributed by atoms with van der Waals surface area (Å²) in [5, 5.41) is 5.80. The monoisotopic (exact) mass is 308 g/mol. The number of hydrogen-bond donors (Lipinski definition) is 2. The summed E-state index contributed by atoms with van der Waals surface area (Å²) in [4.78, 5) is 20.1. The second kappa shape index (κ2) is 6.99. The van der Waals surface area contributed by atoms with E-state index in [0.29, 0.717) is 5.82 Å². The van der Waals surface area contributed by atoms with Gasteiger partial charge in [0.15, 0.2) is 0 Å². The van der Waals surface area contributed by atoms with Gasteiger partial charge in [-0.1, -0.05) is 18.5 Å². The predicted molar refractivity (Wildman–Crippen MR) is 80.2 cm³/mol. The molecule has 0 radical (unpaired) electrons. The van der Waals surface area contributed by atoms with E-state index in [1.54, 1.807) is 0 Å². The van der Waals surface area contributed by atoms with Gasteiger partial charge in [0.25, 0.3) is 5.91 Å². The van der Waals surface area contributed by atoms with Crippen LogP contribution in [0.3, 0.4) is 0 Å². The molecule has 2 rings (SSSR count). The van der Waals surface area contributed by atoms with Crippen molar-refractivity contribution < 1.29 is 9.18 Å². The first kappa shape index (κ1) is 15.2. The molecule has 0 unspecified atom stereocenters. The van der Waals surface area contributed by atoms with Crippen molar-refractivity contribution in [3.8, 4) is 0 Å². The van der Waals surface area contributed by atoms with Crippen LogP contribution in [0.15, 0.2) is 30.6 Å². The van der Waals surface area contributed by atoms with E-state index >= 15 is 0 Å². The molecule has 1 aromatic carbocycles. The molecule has 2 N–H and O–H groups in total. The molecule has 0 aliphatic heterocycles. The first-order valence-electron chi connectivity index (χ1n) is 6.42. The highest BCUT2D eigenvalue weighted by atomic mass is 35.5. The predicted octanol–water partition coefficient (Wildman–Crippen LogP) is 3.34.